The number of H-pyrrole nitrogens is 1. The molecule has 0 amide bonds. The highest BCUT2D eigenvalue weighted by atomic mass is 16.5. The van der Waals surface area contributed by atoms with Gasteiger partial charge in [-0.2, -0.15) is 5.10 Å². The van der Waals surface area contributed by atoms with E-state index < -0.39 is 0 Å². The molecule has 1 aromatic heterocycles. The van der Waals surface area contributed by atoms with E-state index in [4.69, 9.17) is 15.2 Å². The Kier molecular flexibility index (Phi) is 4.42. The largest absolute Gasteiger partial charge is 0.493 e. The number of nitrogens with zero attached hydrogens (tertiary/aromatic N) is 1. The summed E-state index contributed by atoms with van der Waals surface area (Å²) in [5.41, 5.74) is 10.8. The highest BCUT2D eigenvalue weighted by molar-refractivity contribution is 5.97. The first kappa shape index (κ1) is 16.1. The Hall–Kier alpha value is -2.37. The van der Waals surface area contributed by atoms with Crippen molar-refractivity contribution in [3.8, 4) is 16.9 Å². The van der Waals surface area contributed by atoms with Gasteiger partial charge in [0.15, 0.2) is 0 Å². The molecule has 4 rings (SSSR count). The summed E-state index contributed by atoms with van der Waals surface area (Å²) in [6.07, 6.45) is 2.77. The lowest BCUT2D eigenvalue weighted by molar-refractivity contribution is 0.0695. The lowest BCUT2D eigenvalue weighted by Gasteiger charge is -2.29. The number of hydrogen-bond donors (Lipinski definition) is 2. The normalized spacial score (nSPS) is 20.7. The molecule has 2 unspecified atom stereocenters. The molecule has 130 valence electrons. The van der Waals surface area contributed by atoms with E-state index in [0.29, 0.717) is 13.2 Å². The molecular weight excluding hydrogens is 314 g/mol. The monoisotopic (exact) mass is 337 g/mol. The lowest BCUT2D eigenvalue weighted by Crippen LogP contribution is -2.37. The van der Waals surface area contributed by atoms with Crippen LogP contribution in [0.1, 0.15) is 24.8 Å². The zero-order chi connectivity index (χ0) is 17.2. The van der Waals surface area contributed by atoms with Crippen LogP contribution >= 0.6 is 0 Å². The number of rotatable bonds is 4. The number of nitrogens with two attached hydrogens (primary N) is 1. The number of aromatic nitrogens is 2. The van der Waals surface area contributed by atoms with Crippen molar-refractivity contribution < 1.29 is 9.47 Å². The van der Waals surface area contributed by atoms with E-state index in [1.165, 1.54) is 5.56 Å². The van der Waals surface area contributed by atoms with Crippen molar-refractivity contribution in [2.24, 2.45) is 5.73 Å². The van der Waals surface area contributed by atoms with Crippen molar-refractivity contribution in [1.82, 2.24) is 10.2 Å². The Bertz CT molecular complexity index is 874. The maximum absolute atomic E-state index is 6.35. The molecule has 1 aliphatic heterocycles. The van der Waals surface area contributed by atoms with Gasteiger partial charge in [0.05, 0.1) is 24.9 Å². The predicted octanol–water partition coefficient (Wildman–Crippen LogP) is 3.46. The van der Waals surface area contributed by atoms with Gasteiger partial charge in [-0.15, -0.1) is 0 Å². The second-order valence-electron chi connectivity index (χ2n) is 6.42. The Morgan fingerprint density at radius 3 is 2.96 bits per heavy atom. The highest BCUT2D eigenvalue weighted by Gasteiger charge is 2.27. The van der Waals surface area contributed by atoms with E-state index >= 15 is 0 Å². The predicted molar refractivity (Wildman–Crippen MR) is 98.9 cm³/mol. The third kappa shape index (κ3) is 2.90. The average molecular weight is 337 g/mol. The molecule has 3 N–H and O–H groups in total. The summed E-state index contributed by atoms with van der Waals surface area (Å²) < 4.78 is 11.5. The fourth-order valence-corrected chi connectivity index (χ4v) is 3.65. The van der Waals surface area contributed by atoms with Crippen LogP contribution in [0.4, 0.5) is 0 Å². The summed E-state index contributed by atoms with van der Waals surface area (Å²) in [4.78, 5) is 0. The molecule has 0 bridgehead atoms. The smallest absolute Gasteiger partial charge is 0.127 e. The molecule has 1 saturated heterocycles. The molecule has 1 fully saturated rings. The van der Waals surface area contributed by atoms with Crippen LogP contribution in [-0.4, -0.2) is 36.1 Å². The third-order valence-corrected chi connectivity index (χ3v) is 4.93. The topological polar surface area (TPSA) is 73.2 Å². The van der Waals surface area contributed by atoms with Crippen molar-refractivity contribution >= 4 is 10.9 Å². The summed E-state index contributed by atoms with van der Waals surface area (Å²) in [6.45, 7) is 4.03. The minimum absolute atomic E-state index is 0.113. The van der Waals surface area contributed by atoms with E-state index in [1.54, 1.807) is 0 Å². The first-order valence-corrected chi connectivity index (χ1v) is 8.81. The summed E-state index contributed by atoms with van der Waals surface area (Å²) in [5, 5.41) is 8.55. The molecule has 3 aromatic rings. The van der Waals surface area contributed by atoms with Gasteiger partial charge in [-0.05, 0) is 30.5 Å². The summed E-state index contributed by atoms with van der Waals surface area (Å²) in [5.74, 6) is 1.07. The van der Waals surface area contributed by atoms with E-state index in [9.17, 15) is 0 Å². The van der Waals surface area contributed by atoms with Crippen LogP contribution in [0.25, 0.3) is 22.0 Å². The summed E-state index contributed by atoms with van der Waals surface area (Å²) in [6, 6.07) is 12.5. The van der Waals surface area contributed by atoms with E-state index in [1.807, 2.05) is 31.3 Å². The molecule has 2 heterocycles. The van der Waals surface area contributed by atoms with Crippen molar-refractivity contribution in [3.63, 3.8) is 0 Å². The lowest BCUT2D eigenvalue weighted by atomic mass is 9.86. The molecule has 0 spiro atoms. The van der Waals surface area contributed by atoms with Gasteiger partial charge in [0, 0.05) is 29.5 Å². The van der Waals surface area contributed by atoms with Crippen LogP contribution < -0.4 is 10.5 Å². The van der Waals surface area contributed by atoms with Crippen molar-refractivity contribution in [3.05, 3.63) is 48.2 Å². The van der Waals surface area contributed by atoms with Crippen LogP contribution in [-0.2, 0) is 4.74 Å². The molecular formula is C20H23N3O2. The number of nitrogens with one attached hydrogen (secondary N) is 1. The van der Waals surface area contributed by atoms with E-state index in [2.05, 4.69) is 28.4 Å². The van der Waals surface area contributed by atoms with Gasteiger partial charge in [0.1, 0.15) is 5.75 Å². The van der Waals surface area contributed by atoms with Crippen LogP contribution in [0.15, 0.2) is 42.6 Å². The second kappa shape index (κ2) is 6.86. The number of para-hydroxylation sites is 1. The Morgan fingerprint density at radius 2 is 2.12 bits per heavy atom. The quantitative estimate of drug-likeness (QED) is 0.765. The molecule has 1 aliphatic rings. The number of fused-ring (bicyclic) bond motifs is 1. The van der Waals surface area contributed by atoms with Crippen LogP contribution in [0.3, 0.4) is 0 Å². The van der Waals surface area contributed by atoms with Gasteiger partial charge in [-0.1, -0.05) is 30.3 Å². The SMILES string of the molecule is CCOc1ccccc1-c1ccc(C2COCCC2N)c2[nH]ncc12. The fourth-order valence-electron chi connectivity index (χ4n) is 3.65. The molecule has 25 heavy (non-hydrogen) atoms. The van der Waals surface area contributed by atoms with Crippen molar-refractivity contribution in [2.45, 2.75) is 25.3 Å². The Balaban J connectivity index is 1.83. The molecule has 0 aliphatic carbocycles. The van der Waals surface area contributed by atoms with Gasteiger partial charge in [0.25, 0.3) is 0 Å². The minimum atomic E-state index is 0.113. The van der Waals surface area contributed by atoms with Crippen LogP contribution in [0, 0.1) is 0 Å². The first-order chi connectivity index (χ1) is 12.3. The third-order valence-electron chi connectivity index (χ3n) is 4.93. The molecule has 0 radical (unpaired) electrons. The molecule has 0 saturated carbocycles. The zero-order valence-corrected chi connectivity index (χ0v) is 14.4. The van der Waals surface area contributed by atoms with Gasteiger partial charge in [-0.3, -0.25) is 5.10 Å². The van der Waals surface area contributed by atoms with Crippen LogP contribution in [0.2, 0.25) is 0 Å². The summed E-state index contributed by atoms with van der Waals surface area (Å²) >= 11 is 0. The number of aromatic amines is 1. The molecule has 2 atom stereocenters. The maximum Gasteiger partial charge on any atom is 0.127 e. The number of benzene rings is 2. The van der Waals surface area contributed by atoms with Gasteiger partial charge in [-0.25, -0.2) is 0 Å². The molecule has 5 heteroatoms. The fraction of sp³-hybridized carbons (Fsp3) is 0.350. The number of ether oxygens (including phenoxy) is 2. The molecule has 2 aromatic carbocycles. The summed E-state index contributed by atoms with van der Waals surface area (Å²) in [7, 11) is 0. The van der Waals surface area contributed by atoms with Gasteiger partial charge < -0.3 is 15.2 Å². The van der Waals surface area contributed by atoms with Crippen molar-refractivity contribution in [2.75, 3.05) is 19.8 Å². The van der Waals surface area contributed by atoms with Gasteiger partial charge >= 0.3 is 0 Å². The van der Waals surface area contributed by atoms with Gasteiger partial charge in [0.2, 0.25) is 0 Å². The van der Waals surface area contributed by atoms with Crippen molar-refractivity contribution in [1.29, 1.82) is 0 Å². The maximum atomic E-state index is 6.35. The minimum Gasteiger partial charge on any atom is -0.493 e. The van der Waals surface area contributed by atoms with Crippen LogP contribution in [0.5, 0.6) is 5.75 Å². The average Bonchev–Trinajstić information content (AvgIpc) is 3.12. The zero-order valence-electron chi connectivity index (χ0n) is 14.4. The molecule has 5 nitrogen and oxygen atoms in total. The standard InChI is InChI=1S/C20H23N3O2/c1-2-25-19-6-4-3-5-14(19)13-7-8-15(20-16(13)11-22-23-20)17-12-24-10-9-18(17)21/h3-8,11,17-18H,2,9-10,12,21H2,1H3,(H,22,23). The van der Waals surface area contributed by atoms with E-state index in [-0.39, 0.29) is 12.0 Å². The Labute approximate surface area is 147 Å². The van der Waals surface area contributed by atoms with E-state index in [0.717, 1.165) is 40.8 Å². The Morgan fingerprint density at radius 1 is 1.24 bits per heavy atom. The number of hydrogen-bond acceptors (Lipinski definition) is 4. The highest BCUT2D eigenvalue weighted by Crippen LogP contribution is 2.38. The first-order valence-electron chi connectivity index (χ1n) is 8.81. The second-order valence-corrected chi connectivity index (χ2v) is 6.42.